The lowest BCUT2D eigenvalue weighted by atomic mass is 10.1. The fraction of sp³-hybridized carbons (Fsp3) is 0. The lowest BCUT2D eigenvalue weighted by molar-refractivity contribution is -0.115. The van der Waals surface area contributed by atoms with Crippen LogP contribution in [0.15, 0.2) is 54.4 Å². The highest BCUT2D eigenvalue weighted by Crippen LogP contribution is 2.31. The van der Waals surface area contributed by atoms with Crippen molar-refractivity contribution in [3.8, 4) is 5.75 Å². The summed E-state index contributed by atoms with van der Waals surface area (Å²) < 4.78 is 5.67. The topological polar surface area (TPSA) is 91.4 Å². The van der Waals surface area contributed by atoms with E-state index in [0.29, 0.717) is 17.0 Å². The van der Waals surface area contributed by atoms with Gasteiger partial charge in [-0.2, -0.15) is 0 Å². The second kappa shape index (κ2) is 5.27. The zero-order chi connectivity index (χ0) is 16.7. The second-order valence-corrected chi connectivity index (χ2v) is 5.37. The van der Waals surface area contributed by atoms with Gasteiger partial charge in [0.1, 0.15) is 0 Å². The van der Waals surface area contributed by atoms with Gasteiger partial charge in [0, 0.05) is 22.7 Å². The van der Waals surface area contributed by atoms with Crippen LogP contribution >= 0.6 is 0 Å². The van der Waals surface area contributed by atoms with Crippen LogP contribution in [0, 0.1) is 0 Å². The Bertz CT molecular complexity index is 1020. The molecule has 6 heteroatoms. The summed E-state index contributed by atoms with van der Waals surface area (Å²) in [7, 11) is 0. The van der Waals surface area contributed by atoms with E-state index >= 15 is 0 Å². The zero-order valence-corrected chi connectivity index (χ0v) is 12.4. The third kappa shape index (κ3) is 2.30. The molecule has 1 aliphatic heterocycles. The number of carbonyl (C=O) groups is 2. The molecule has 1 amide bonds. The maximum atomic E-state index is 12.2. The van der Waals surface area contributed by atoms with Crippen LogP contribution in [0.1, 0.15) is 15.9 Å². The van der Waals surface area contributed by atoms with Gasteiger partial charge in [0.25, 0.3) is 5.91 Å². The Morgan fingerprint density at radius 2 is 2.00 bits per heavy atom. The van der Waals surface area contributed by atoms with Crippen LogP contribution in [0.2, 0.25) is 0 Å². The van der Waals surface area contributed by atoms with E-state index in [4.69, 9.17) is 9.84 Å². The number of benzene rings is 2. The van der Waals surface area contributed by atoms with Crippen molar-refractivity contribution >= 4 is 34.5 Å². The van der Waals surface area contributed by atoms with Crippen LogP contribution in [0.5, 0.6) is 5.75 Å². The number of para-hydroxylation sites is 2. The first kappa shape index (κ1) is 14.1. The number of carboxylic acids is 1. The van der Waals surface area contributed by atoms with Crippen molar-refractivity contribution in [1.82, 2.24) is 4.98 Å². The van der Waals surface area contributed by atoms with Crippen LogP contribution in [0.3, 0.4) is 0 Å². The average molecular weight is 320 g/mol. The van der Waals surface area contributed by atoms with Crippen molar-refractivity contribution in [1.29, 1.82) is 0 Å². The highest BCUT2D eigenvalue weighted by Gasteiger charge is 2.22. The van der Waals surface area contributed by atoms with E-state index < -0.39 is 5.97 Å². The predicted octanol–water partition coefficient (Wildman–Crippen LogP) is 3.24. The first-order valence-electron chi connectivity index (χ1n) is 7.26. The number of rotatable bonds is 2. The molecule has 6 nitrogen and oxygen atoms in total. The Kier molecular flexibility index (Phi) is 3.09. The summed E-state index contributed by atoms with van der Waals surface area (Å²) in [6.45, 7) is 0. The van der Waals surface area contributed by atoms with Crippen molar-refractivity contribution in [2.24, 2.45) is 0 Å². The fourth-order valence-electron chi connectivity index (χ4n) is 2.64. The molecule has 4 rings (SSSR count). The summed E-state index contributed by atoms with van der Waals surface area (Å²) in [4.78, 5) is 26.2. The number of carboxylic acid groups (broad SMARTS) is 1. The minimum absolute atomic E-state index is 0.178. The van der Waals surface area contributed by atoms with E-state index in [9.17, 15) is 9.59 Å². The van der Waals surface area contributed by atoms with Gasteiger partial charge in [0.15, 0.2) is 11.5 Å². The van der Waals surface area contributed by atoms with Gasteiger partial charge in [0.2, 0.25) is 0 Å². The van der Waals surface area contributed by atoms with Gasteiger partial charge in [-0.25, -0.2) is 4.79 Å². The SMILES string of the molecule is O=C1Nc2ccccc2O/C1=C\c1c[nH]c2cc(C(=O)O)ccc12. The van der Waals surface area contributed by atoms with E-state index in [-0.39, 0.29) is 17.2 Å². The molecule has 1 aliphatic rings. The first-order valence-corrected chi connectivity index (χ1v) is 7.26. The van der Waals surface area contributed by atoms with Crippen molar-refractivity contribution in [3.63, 3.8) is 0 Å². The molecule has 3 aromatic rings. The minimum atomic E-state index is -0.988. The van der Waals surface area contributed by atoms with Crippen LogP contribution in [0.4, 0.5) is 5.69 Å². The molecule has 0 fully saturated rings. The van der Waals surface area contributed by atoms with E-state index in [1.807, 2.05) is 12.1 Å². The summed E-state index contributed by atoms with van der Waals surface area (Å²) in [6.07, 6.45) is 3.34. The molecule has 0 unspecified atom stereocenters. The number of H-pyrrole nitrogens is 1. The molecule has 1 aromatic heterocycles. The van der Waals surface area contributed by atoms with Crippen molar-refractivity contribution in [3.05, 3.63) is 65.5 Å². The Morgan fingerprint density at radius 1 is 1.17 bits per heavy atom. The summed E-state index contributed by atoms with van der Waals surface area (Å²) in [6, 6.07) is 12.0. The Hall–Kier alpha value is -3.54. The highest BCUT2D eigenvalue weighted by molar-refractivity contribution is 6.09. The third-order valence-corrected chi connectivity index (χ3v) is 3.83. The number of aromatic nitrogens is 1. The molecule has 0 saturated heterocycles. The molecule has 3 N–H and O–H groups in total. The largest absolute Gasteiger partial charge is 0.478 e. The van der Waals surface area contributed by atoms with Crippen molar-refractivity contribution < 1.29 is 19.4 Å². The van der Waals surface area contributed by atoms with E-state index in [1.54, 1.807) is 36.5 Å². The van der Waals surface area contributed by atoms with Gasteiger partial charge in [-0.1, -0.05) is 18.2 Å². The van der Waals surface area contributed by atoms with Crippen molar-refractivity contribution in [2.75, 3.05) is 5.32 Å². The molecular weight excluding hydrogens is 308 g/mol. The molecule has 118 valence electrons. The normalized spacial score (nSPS) is 15.0. The maximum Gasteiger partial charge on any atom is 0.335 e. The van der Waals surface area contributed by atoms with Gasteiger partial charge >= 0.3 is 5.97 Å². The molecule has 2 aromatic carbocycles. The lowest BCUT2D eigenvalue weighted by Gasteiger charge is -2.19. The number of fused-ring (bicyclic) bond motifs is 2. The molecule has 2 heterocycles. The highest BCUT2D eigenvalue weighted by atomic mass is 16.5. The number of nitrogens with one attached hydrogen (secondary N) is 2. The quantitative estimate of drug-likeness (QED) is 0.632. The second-order valence-electron chi connectivity index (χ2n) is 5.37. The Labute approximate surface area is 136 Å². The summed E-state index contributed by atoms with van der Waals surface area (Å²) in [5, 5.41) is 12.6. The van der Waals surface area contributed by atoms with Crippen molar-refractivity contribution in [2.45, 2.75) is 0 Å². The fourth-order valence-corrected chi connectivity index (χ4v) is 2.64. The summed E-state index contributed by atoms with van der Waals surface area (Å²) in [5.41, 5.74) is 2.25. The monoisotopic (exact) mass is 320 g/mol. The van der Waals surface area contributed by atoms with Gasteiger partial charge in [-0.05, 0) is 30.3 Å². The van der Waals surface area contributed by atoms with Gasteiger partial charge < -0.3 is 20.1 Å². The van der Waals surface area contributed by atoms with E-state index in [0.717, 1.165) is 10.9 Å². The molecule has 0 atom stereocenters. The number of hydrogen-bond donors (Lipinski definition) is 3. The standard InChI is InChI=1S/C18H12N2O4/c21-17-16(24-15-4-2-1-3-13(15)20-17)8-11-9-19-14-7-10(18(22)23)5-6-12(11)14/h1-9,19H,(H,20,21)(H,22,23)/b16-8-. The average Bonchev–Trinajstić information content (AvgIpc) is 2.97. The molecular formula is C18H12N2O4. The number of amides is 1. The summed E-state index contributed by atoms with van der Waals surface area (Å²) in [5.74, 6) is -0.559. The first-order chi connectivity index (χ1) is 11.6. The Balaban J connectivity index is 1.75. The number of ether oxygens (including phenoxy) is 1. The van der Waals surface area contributed by atoms with Crippen LogP contribution in [-0.2, 0) is 4.79 Å². The van der Waals surface area contributed by atoms with Crippen LogP contribution in [-0.4, -0.2) is 22.0 Å². The van der Waals surface area contributed by atoms with Gasteiger partial charge in [-0.15, -0.1) is 0 Å². The van der Waals surface area contributed by atoms with E-state index in [1.165, 1.54) is 6.07 Å². The van der Waals surface area contributed by atoms with Crippen LogP contribution in [0.25, 0.3) is 17.0 Å². The summed E-state index contributed by atoms with van der Waals surface area (Å²) >= 11 is 0. The molecule has 0 bridgehead atoms. The molecule has 0 radical (unpaired) electrons. The molecule has 24 heavy (non-hydrogen) atoms. The molecule has 0 saturated carbocycles. The number of carbonyl (C=O) groups excluding carboxylic acids is 1. The lowest BCUT2D eigenvalue weighted by Crippen LogP contribution is -2.23. The minimum Gasteiger partial charge on any atom is -0.478 e. The smallest absolute Gasteiger partial charge is 0.335 e. The van der Waals surface area contributed by atoms with Gasteiger partial charge in [0.05, 0.1) is 11.3 Å². The molecule has 0 spiro atoms. The maximum absolute atomic E-state index is 12.2. The number of hydrogen-bond acceptors (Lipinski definition) is 3. The Morgan fingerprint density at radius 3 is 2.83 bits per heavy atom. The van der Waals surface area contributed by atoms with E-state index in [2.05, 4.69) is 10.3 Å². The zero-order valence-electron chi connectivity index (χ0n) is 12.4. The number of anilines is 1. The predicted molar refractivity (Wildman–Crippen MR) is 88.9 cm³/mol. The number of aromatic amines is 1. The van der Waals surface area contributed by atoms with Gasteiger partial charge in [-0.3, -0.25) is 4.79 Å². The third-order valence-electron chi connectivity index (χ3n) is 3.83. The number of aromatic carboxylic acids is 1. The van der Waals surface area contributed by atoms with Crippen LogP contribution < -0.4 is 10.1 Å². The molecule has 0 aliphatic carbocycles.